The number of esters is 1. The van der Waals surface area contributed by atoms with Gasteiger partial charge in [-0.25, -0.2) is 9.67 Å². The molecule has 1 aliphatic rings. The van der Waals surface area contributed by atoms with E-state index in [4.69, 9.17) is 24.5 Å². The van der Waals surface area contributed by atoms with Gasteiger partial charge in [0, 0.05) is 51.1 Å². The molecule has 0 radical (unpaired) electrons. The number of hydrogen-bond acceptors (Lipinski definition) is 8. The molecule has 246 valence electrons. The number of anilines is 2. The van der Waals surface area contributed by atoms with Crippen molar-refractivity contribution >= 4 is 36.7 Å². The van der Waals surface area contributed by atoms with Gasteiger partial charge in [-0.05, 0) is 76.1 Å². The molecular weight excluding hydrogens is 593 g/mol. The second-order valence-corrected chi connectivity index (χ2v) is 20.3. The Balaban J connectivity index is 1.30. The normalized spacial score (nSPS) is 17.2. The molecule has 2 heterocycles. The number of fused-ring (bicyclic) bond motifs is 1. The maximum Gasteiger partial charge on any atom is 0.306 e. The van der Waals surface area contributed by atoms with E-state index in [2.05, 4.69) is 72.7 Å². The summed E-state index contributed by atoms with van der Waals surface area (Å²) >= 11 is 0. The molecule has 0 atom stereocenters. The van der Waals surface area contributed by atoms with E-state index >= 15 is 0 Å². The Bertz CT molecular complexity index is 1590. The van der Waals surface area contributed by atoms with Crippen molar-refractivity contribution in [3.8, 4) is 11.3 Å². The maximum absolute atomic E-state index is 12.3. The second kappa shape index (κ2) is 14.8. The lowest BCUT2D eigenvalue weighted by atomic mass is 9.84. The molecule has 0 amide bonds. The lowest BCUT2D eigenvalue weighted by molar-refractivity contribution is -0.156. The molecule has 2 aromatic heterocycles. The third-order valence-corrected chi connectivity index (χ3v) is 9.93. The number of carbonyl (C=O) groups excluding carboxylic acids is 1. The fraction of sp³-hybridized carbons (Fsp3) is 0.500. The molecule has 0 saturated heterocycles. The van der Waals surface area contributed by atoms with Crippen LogP contribution in [0.5, 0.6) is 0 Å². The van der Waals surface area contributed by atoms with Gasteiger partial charge >= 0.3 is 5.97 Å². The molecule has 1 saturated carbocycles. The van der Waals surface area contributed by atoms with E-state index < -0.39 is 13.7 Å². The molecule has 1 aliphatic carbocycles. The molecule has 2 aromatic carbocycles. The van der Waals surface area contributed by atoms with Crippen LogP contribution in [0.15, 0.2) is 60.8 Å². The summed E-state index contributed by atoms with van der Waals surface area (Å²) in [5.41, 5.74) is 4.39. The molecule has 4 aromatic rings. The van der Waals surface area contributed by atoms with Crippen molar-refractivity contribution in [3.63, 3.8) is 0 Å². The first kappa shape index (κ1) is 33.6. The highest BCUT2D eigenvalue weighted by Crippen LogP contribution is 2.32. The van der Waals surface area contributed by atoms with Crippen LogP contribution < -0.4 is 10.6 Å². The predicted octanol–water partition coefficient (Wildman–Crippen LogP) is 8.12. The van der Waals surface area contributed by atoms with Crippen LogP contribution >= 0.6 is 0 Å². The zero-order valence-corrected chi connectivity index (χ0v) is 29.3. The van der Waals surface area contributed by atoms with Crippen LogP contribution in [0.25, 0.3) is 22.3 Å². The van der Waals surface area contributed by atoms with E-state index in [1.165, 1.54) is 5.56 Å². The highest BCUT2D eigenvalue weighted by atomic mass is 28.3. The molecule has 0 aliphatic heterocycles. The summed E-state index contributed by atoms with van der Waals surface area (Å²) in [7, 11) is -1.22. The zero-order valence-electron chi connectivity index (χ0n) is 28.3. The zero-order chi connectivity index (χ0) is 32.7. The standard InChI is InChI=1S/C36H50N6O3Si/c1-36(2,3)45-32(43)21-26-15-17-29(18-16-26)39-35-38-24-31-33(41-42(34(31)40-35)25-44-19-20-46(4,5)6)28-13-10-14-30(22-28)37-23-27-11-8-7-9-12-27/h7-14,22,24,26,29,37H,15-21,23,25H2,1-6H3,(H,38,39,40). The number of nitrogens with zero attached hydrogens (tertiary/aromatic N) is 4. The minimum atomic E-state index is -1.22. The number of benzene rings is 2. The van der Waals surface area contributed by atoms with Gasteiger partial charge in [-0.15, -0.1) is 0 Å². The highest BCUT2D eigenvalue weighted by Gasteiger charge is 2.26. The van der Waals surface area contributed by atoms with Crippen molar-refractivity contribution in [1.82, 2.24) is 19.7 Å². The van der Waals surface area contributed by atoms with Crippen molar-refractivity contribution in [2.24, 2.45) is 5.92 Å². The molecule has 9 nitrogen and oxygen atoms in total. The van der Waals surface area contributed by atoms with Gasteiger partial charge in [0.15, 0.2) is 5.65 Å². The number of nitrogens with one attached hydrogen (secondary N) is 2. The summed E-state index contributed by atoms with van der Waals surface area (Å²) in [6.45, 7) is 14.6. The Morgan fingerprint density at radius 2 is 1.78 bits per heavy atom. The number of carbonyl (C=O) groups is 1. The molecule has 46 heavy (non-hydrogen) atoms. The molecule has 2 N–H and O–H groups in total. The Kier molecular flexibility index (Phi) is 10.8. The topological polar surface area (TPSA) is 103 Å². The van der Waals surface area contributed by atoms with Gasteiger partial charge in [0.1, 0.15) is 18.0 Å². The monoisotopic (exact) mass is 642 g/mol. The SMILES string of the molecule is CC(C)(C)OC(=O)CC1CCC(Nc2ncc3c(-c4cccc(NCc5ccccc5)c4)nn(COCC[Si](C)(C)C)c3n2)CC1. The Morgan fingerprint density at radius 1 is 1.02 bits per heavy atom. The summed E-state index contributed by atoms with van der Waals surface area (Å²) in [5.74, 6) is 0.842. The Labute approximate surface area is 274 Å². The van der Waals surface area contributed by atoms with Gasteiger partial charge in [-0.3, -0.25) is 4.79 Å². The Morgan fingerprint density at radius 3 is 2.50 bits per heavy atom. The summed E-state index contributed by atoms with van der Waals surface area (Å²) in [6, 6.07) is 20.0. The molecule has 1 fully saturated rings. The van der Waals surface area contributed by atoms with E-state index in [0.29, 0.717) is 31.6 Å². The van der Waals surface area contributed by atoms with Crippen LogP contribution in [0, 0.1) is 5.92 Å². The summed E-state index contributed by atoms with van der Waals surface area (Å²) in [6.07, 6.45) is 6.23. The van der Waals surface area contributed by atoms with Crippen molar-refractivity contribution < 1.29 is 14.3 Å². The van der Waals surface area contributed by atoms with E-state index in [1.54, 1.807) is 0 Å². The van der Waals surface area contributed by atoms with Crippen molar-refractivity contribution in [2.75, 3.05) is 17.2 Å². The predicted molar refractivity (Wildman–Crippen MR) is 188 cm³/mol. The van der Waals surface area contributed by atoms with Gasteiger partial charge in [0.05, 0.1) is 5.39 Å². The second-order valence-electron chi connectivity index (χ2n) is 14.7. The van der Waals surface area contributed by atoms with Crippen LogP contribution in [-0.2, 0) is 27.5 Å². The van der Waals surface area contributed by atoms with E-state index in [0.717, 1.165) is 66.3 Å². The Hall–Kier alpha value is -3.76. The molecule has 10 heteroatoms. The lowest BCUT2D eigenvalue weighted by Crippen LogP contribution is -2.30. The van der Waals surface area contributed by atoms with Crippen molar-refractivity contribution in [1.29, 1.82) is 0 Å². The number of hydrogen-bond donors (Lipinski definition) is 2. The fourth-order valence-corrected chi connectivity index (χ4v) is 6.51. The van der Waals surface area contributed by atoms with Crippen LogP contribution in [-0.4, -0.2) is 52.0 Å². The van der Waals surface area contributed by atoms with Crippen LogP contribution in [0.3, 0.4) is 0 Å². The molecule has 0 bridgehead atoms. The molecule has 0 spiro atoms. The van der Waals surface area contributed by atoms with Crippen LogP contribution in [0.4, 0.5) is 11.6 Å². The average molecular weight is 643 g/mol. The summed E-state index contributed by atoms with van der Waals surface area (Å²) in [5, 5.41) is 13.0. The number of rotatable bonds is 13. The minimum absolute atomic E-state index is 0.105. The first-order valence-corrected chi connectivity index (χ1v) is 20.3. The average Bonchev–Trinajstić information content (AvgIpc) is 3.36. The van der Waals surface area contributed by atoms with Gasteiger partial charge in [-0.1, -0.05) is 62.1 Å². The lowest BCUT2D eigenvalue weighted by Gasteiger charge is -2.29. The quantitative estimate of drug-likeness (QED) is 0.0856. The first-order chi connectivity index (χ1) is 21.9. The third kappa shape index (κ3) is 9.87. The third-order valence-electron chi connectivity index (χ3n) is 8.23. The van der Waals surface area contributed by atoms with Crippen molar-refractivity contribution in [2.45, 2.75) is 103 Å². The highest BCUT2D eigenvalue weighted by molar-refractivity contribution is 6.76. The number of ether oxygens (including phenoxy) is 2. The minimum Gasteiger partial charge on any atom is -0.460 e. The van der Waals surface area contributed by atoms with Crippen LogP contribution in [0.2, 0.25) is 25.7 Å². The summed E-state index contributed by atoms with van der Waals surface area (Å²) in [4.78, 5) is 22.0. The maximum atomic E-state index is 12.3. The smallest absolute Gasteiger partial charge is 0.306 e. The van der Waals surface area contributed by atoms with Crippen molar-refractivity contribution in [3.05, 3.63) is 66.4 Å². The van der Waals surface area contributed by atoms with Gasteiger partial charge in [0.2, 0.25) is 5.95 Å². The van der Waals surface area contributed by atoms with E-state index in [9.17, 15) is 4.79 Å². The van der Waals surface area contributed by atoms with Gasteiger partial charge in [-0.2, -0.15) is 10.1 Å². The molecule has 5 rings (SSSR count). The fourth-order valence-electron chi connectivity index (χ4n) is 5.75. The van der Waals surface area contributed by atoms with E-state index in [-0.39, 0.29) is 12.0 Å². The van der Waals surface area contributed by atoms with Crippen LogP contribution in [0.1, 0.15) is 58.4 Å². The largest absolute Gasteiger partial charge is 0.460 e. The summed E-state index contributed by atoms with van der Waals surface area (Å²) < 4.78 is 13.5. The van der Waals surface area contributed by atoms with Gasteiger partial charge < -0.3 is 20.1 Å². The van der Waals surface area contributed by atoms with E-state index in [1.807, 2.05) is 43.8 Å². The molecule has 0 unspecified atom stereocenters. The molecular formula is C36H50N6O3Si. The van der Waals surface area contributed by atoms with Gasteiger partial charge in [0.25, 0.3) is 0 Å². The number of aromatic nitrogens is 4. The first-order valence-electron chi connectivity index (χ1n) is 16.6.